The van der Waals surface area contributed by atoms with Crippen LogP contribution in [0.4, 0.5) is 0 Å². The van der Waals surface area contributed by atoms with E-state index in [1.54, 1.807) is 6.20 Å². The Balaban J connectivity index is 1.21. The molecule has 6 heteroatoms. The van der Waals surface area contributed by atoms with Gasteiger partial charge < -0.3 is 18.6 Å². The molecule has 2 aliphatic rings. The van der Waals surface area contributed by atoms with Crippen LogP contribution in [0.2, 0.25) is 0 Å². The number of benzene rings is 1. The largest absolute Gasteiger partial charge is 0.356 e. The molecule has 0 N–H and O–H groups in total. The normalized spacial score (nSPS) is 23.4. The molecule has 0 radical (unpaired) electrons. The van der Waals surface area contributed by atoms with Crippen LogP contribution in [0.5, 0.6) is 0 Å². The number of imidazole rings is 1. The van der Waals surface area contributed by atoms with Crippen LogP contribution in [0.3, 0.4) is 0 Å². The second-order valence-electron chi connectivity index (χ2n) is 9.29. The summed E-state index contributed by atoms with van der Waals surface area (Å²) in [5.41, 5.74) is 2.87. The highest BCUT2D eigenvalue weighted by Crippen LogP contribution is 2.32. The van der Waals surface area contributed by atoms with Gasteiger partial charge in [0.15, 0.2) is 12.1 Å². The molecule has 3 aromatic rings. The first-order valence-corrected chi connectivity index (χ1v) is 12.0. The Morgan fingerprint density at radius 3 is 2.82 bits per heavy atom. The number of nitrogens with zero attached hydrogens (tertiary/aromatic N) is 3. The Morgan fingerprint density at radius 1 is 1.21 bits per heavy atom. The van der Waals surface area contributed by atoms with Crippen molar-refractivity contribution >= 4 is 0 Å². The molecule has 1 unspecified atom stereocenters. The van der Waals surface area contributed by atoms with Crippen molar-refractivity contribution in [1.82, 2.24) is 14.7 Å². The Morgan fingerprint density at radius 2 is 2.06 bits per heavy atom. The molecule has 2 aromatic heterocycles. The Hall–Kier alpha value is -2.88. The molecule has 5 rings (SSSR count). The molecule has 0 bridgehead atoms. The van der Waals surface area contributed by atoms with Gasteiger partial charge >= 0.3 is 0 Å². The smallest absolute Gasteiger partial charge is 0.167 e. The Labute approximate surface area is 195 Å². The summed E-state index contributed by atoms with van der Waals surface area (Å²) >= 11 is 0. The molecule has 33 heavy (non-hydrogen) atoms. The van der Waals surface area contributed by atoms with Gasteiger partial charge in [-0.15, -0.1) is 0 Å². The van der Waals surface area contributed by atoms with Crippen molar-refractivity contribution in [2.75, 3.05) is 6.61 Å². The van der Waals surface area contributed by atoms with Crippen molar-refractivity contribution in [1.29, 1.82) is 0 Å². The summed E-state index contributed by atoms with van der Waals surface area (Å²) in [5.74, 6) is 9.68. The number of ether oxygens (including phenoxy) is 2. The van der Waals surface area contributed by atoms with Gasteiger partial charge in [0.2, 0.25) is 0 Å². The van der Waals surface area contributed by atoms with E-state index in [0.29, 0.717) is 12.5 Å². The van der Waals surface area contributed by atoms with E-state index in [2.05, 4.69) is 33.5 Å². The summed E-state index contributed by atoms with van der Waals surface area (Å²) in [4.78, 5) is 4.51. The molecule has 3 heterocycles. The Bertz CT molecular complexity index is 1110. The zero-order valence-electron chi connectivity index (χ0n) is 19.4. The molecule has 1 saturated heterocycles. The van der Waals surface area contributed by atoms with E-state index in [-0.39, 0.29) is 12.4 Å². The van der Waals surface area contributed by atoms with Gasteiger partial charge in [-0.1, -0.05) is 23.9 Å². The molecule has 0 spiro atoms. The average molecular weight is 446 g/mol. The van der Waals surface area contributed by atoms with E-state index in [4.69, 9.17) is 14.0 Å². The van der Waals surface area contributed by atoms with Gasteiger partial charge in [0.25, 0.3) is 0 Å². The fourth-order valence-corrected chi connectivity index (χ4v) is 4.54. The molecule has 6 nitrogen and oxygen atoms in total. The van der Waals surface area contributed by atoms with Crippen molar-refractivity contribution in [3.8, 4) is 23.2 Å². The molecule has 2 atom stereocenters. The van der Waals surface area contributed by atoms with Crippen molar-refractivity contribution in [3.63, 3.8) is 0 Å². The Kier molecular flexibility index (Phi) is 6.61. The predicted molar refractivity (Wildman–Crippen MR) is 125 cm³/mol. The molecule has 0 amide bonds. The molecule has 1 aromatic carbocycles. The monoisotopic (exact) mass is 445 g/mol. The maximum absolute atomic E-state index is 6.09. The minimum Gasteiger partial charge on any atom is -0.356 e. The average Bonchev–Trinajstić information content (AvgIpc) is 3.47. The van der Waals surface area contributed by atoms with E-state index in [1.165, 1.54) is 12.8 Å². The highest BCUT2D eigenvalue weighted by Gasteiger charge is 2.23. The van der Waals surface area contributed by atoms with Gasteiger partial charge in [0.05, 0.1) is 6.54 Å². The minimum atomic E-state index is -0.161. The molecular formula is C27H31N3O3. The molecule has 172 valence electrons. The number of rotatable bonds is 6. The van der Waals surface area contributed by atoms with Crippen molar-refractivity contribution < 1.29 is 14.0 Å². The van der Waals surface area contributed by atoms with Crippen LogP contribution in [0.15, 0.2) is 47.2 Å². The maximum Gasteiger partial charge on any atom is 0.167 e. The second-order valence-corrected chi connectivity index (χ2v) is 9.29. The predicted octanol–water partition coefficient (Wildman–Crippen LogP) is 5.59. The van der Waals surface area contributed by atoms with Crippen LogP contribution in [0, 0.1) is 23.7 Å². The topological polar surface area (TPSA) is 62.3 Å². The van der Waals surface area contributed by atoms with Gasteiger partial charge in [-0.05, 0) is 69.2 Å². The van der Waals surface area contributed by atoms with Crippen LogP contribution < -0.4 is 0 Å². The van der Waals surface area contributed by atoms with Crippen LogP contribution in [0.25, 0.3) is 11.3 Å². The first kappa shape index (κ1) is 21.9. The van der Waals surface area contributed by atoms with Gasteiger partial charge in [-0.25, -0.2) is 4.98 Å². The van der Waals surface area contributed by atoms with Crippen molar-refractivity contribution in [3.05, 3.63) is 59.8 Å². The lowest BCUT2D eigenvalue weighted by Crippen LogP contribution is -2.24. The summed E-state index contributed by atoms with van der Waals surface area (Å²) in [6.07, 6.45) is 9.06. The zero-order valence-corrected chi connectivity index (χ0v) is 19.4. The van der Waals surface area contributed by atoms with E-state index < -0.39 is 0 Å². The van der Waals surface area contributed by atoms with Gasteiger partial charge in [-0.2, -0.15) is 0 Å². The maximum atomic E-state index is 6.09. The molecule has 2 fully saturated rings. The fourth-order valence-electron chi connectivity index (χ4n) is 4.54. The summed E-state index contributed by atoms with van der Waals surface area (Å²) in [5, 5.41) is 4.27. The first-order chi connectivity index (χ1) is 16.1. The van der Waals surface area contributed by atoms with Crippen molar-refractivity contribution in [2.45, 2.75) is 64.9 Å². The lowest BCUT2D eigenvalue weighted by molar-refractivity contribution is -0.188. The third-order valence-corrected chi connectivity index (χ3v) is 6.46. The zero-order chi connectivity index (χ0) is 22.6. The SMILES string of the molecule is CC1CC(C#Cc2ccc(-c3cc(Cn4ccnc4[C@H](C)OC4CCCCO4)no3)cc2)C1. The van der Waals surface area contributed by atoms with E-state index >= 15 is 0 Å². The molecule has 1 aliphatic carbocycles. The number of hydrogen-bond acceptors (Lipinski definition) is 5. The molecule has 1 saturated carbocycles. The highest BCUT2D eigenvalue weighted by atomic mass is 16.7. The molecular weight excluding hydrogens is 414 g/mol. The van der Waals surface area contributed by atoms with Crippen LogP contribution in [-0.4, -0.2) is 27.6 Å². The van der Waals surface area contributed by atoms with Gasteiger partial charge in [-0.3, -0.25) is 0 Å². The van der Waals surface area contributed by atoms with E-state index in [9.17, 15) is 0 Å². The summed E-state index contributed by atoms with van der Waals surface area (Å²) in [6.45, 7) is 5.64. The lowest BCUT2D eigenvalue weighted by Gasteiger charge is -2.27. The highest BCUT2D eigenvalue weighted by molar-refractivity contribution is 5.59. The summed E-state index contributed by atoms with van der Waals surface area (Å²) < 4.78 is 19.5. The second kappa shape index (κ2) is 9.94. The third-order valence-electron chi connectivity index (χ3n) is 6.46. The van der Waals surface area contributed by atoms with E-state index in [1.807, 2.05) is 43.5 Å². The van der Waals surface area contributed by atoms with Gasteiger partial charge in [0, 0.05) is 42.1 Å². The van der Waals surface area contributed by atoms with Gasteiger partial charge in [0.1, 0.15) is 17.6 Å². The molecule has 1 aliphatic heterocycles. The number of hydrogen-bond donors (Lipinski definition) is 0. The van der Waals surface area contributed by atoms with Crippen LogP contribution in [-0.2, 0) is 16.0 Å². The van der Waals surface area contributed by atoms with Crippen molar-refractivity contribution in [2.24, 2.45) is 11.8 Å². The van der Waals surface area contributed by atoms with E-state index in [0.717, 1.165) is 60.2 Å². The summed E-state index contributed by atoms with van der Waals surface area (Å²) in [6, 6.07) is 10.2. The first-order valence-electron chi connectivity index (χ1n) is 12.0. The minimum absolute atomic E-state index is 0.150. The third kappa shape index (κ3) is 5.38. The number of aromatic nitrogens is 3. The van der Waals surface area contributed by atoms with Crippen LogP contribution in [0.1, 0.15) is 69.1 Å². The fraction of sp³-hybridized carbons (Fsp3) is 0.481. The summed E-state index contributed by atoms with van der Waals surface area (Å²) in [7, 11) is 0. The quantitative estimate of drug-likeness (QED) is 0.463. The standard InChI is InChI=1S/C27H31N3O3/c1-19-15-22(16-19)7-6-21-8-10-23(11-9-21)25-17-24(29-33-25)18-30-13-12-28-27(30)20(2)32-26-5-3-4-14-31-26/h8-13,17,19-20,22,26H,3-5,14-16,18H2,1-2H3/t19?,20-,22?,26?/m0/s1. The van der Waals surface area contributed by atoms with Crippen LogP contribution >= 0.6 is 0 Å². The lowest BCUT2D eigenvalue weighted by atomic mass is 9.76.